The van der Waals surface area contributed by atoms with Crippen LogP contribution in [0.5, 0.6) is 0 Å². The molecule has 1 heterocycles. The van der Waals surface area contributed by atoms with Crippen molar-refractivity contribution < 1.29 is 0 Å². The number of halogens is 1. The lowest BCUT2D eigenvalue weighted by atomic mass is 10.1. The molecular weight excluding hydrogens is 270 g/mol. The smallest absolute Gasteiger partial charge is 0.0317 e. The van der Waals surface area contributed by atoms with Crippen molar-refractivity contribution in [3.63, 3.8) is 0 Å². The van der Waals surface area contributed by atoms with Crippen molar-refractivity contribution in [1.29, 1.82) is 0 Å². The minimum atomic E-state index is 0.250. The molecule has 0 spiro atoms. The van der Waals surface area contributed by atoms with Crippen LogP contribution in [-0.2, 0) is 0 Å². The van der Waals surface area contributed by atoms with E-state index in [4.69, 9.17) is 0 Å². The van der Waals surface area contributed by atoms with E-state index < -0.39 is 0 Å². The van der Waals surface area contributed by atoms with Crippen molar-refractivity contribution in [2.45, 2.75) is 38.6 Å². The summed E-state index contributed by atoms with van der Waals surface area (Å²) in [5.74, 6) is 1.65. The van der Waals surface area contributed by atoms with Gasteiger partial charge in [-0.1, -0.05) is 0 Å². The average Bonchev–Trinajstić information content (AvgIpc) is 2.77. The summed E-state index contributed by atoms with van der Waals surface area (Å²) in [5.41, 5.74) is 0.250. The van der Waals surface area contributed by atoms with Crippen molar-refractivity contribution in [2.75, 3.05) is 6.54 Å². The van der Waals surface area contributed by atoms with Crippen LogP contribution in [0.25, 0.3) is 0 Å². The molecule has 2 atom stereocenters. The van der Waals surface area contributed by atoms with E-state index >= 15 is 0 Å². The van der Waals surface area contributed by atoms with Gasteiger partial charge in [0, 0.05) is 14.9 Å². The maximum absolute atomic E-state index is 3.61. The first-order valence-electron chi connectivity index (χ1n) is 5.45. The second-order valence-corrected chi connectivity index (χ2v) is 7.17. The van der Waals surface area contributed by atoms with Gasteiger partial charge in [0.2, 0.25) is 0 Å². The molecule has 1 N–H and O–H groups in total. The van der Waals surface area contributed by atoms with E-state index in [0.717, 1.165) is 18.4 Å². The Morgan fingerprint density at radius 2 is 2.27 bits per heavy atom. The van der Waals surface area contributed by atoms with Crippen LogP contribution in [0.2, 0.25) is 0 Å². The fourth-order valence-corrected chi connectivity index (χ4v) is 3.68. The molecule has 2 rings (SSSR count). The van der Waals surface area contributed by atoms with Crippen LogP contribution in [-0.4, -0.2) is 12.1 Å². The van der Waals surface area contributed by atoms with E-state index in [-0.39, 0.29) is 5.54 Å². The lowest BCUT2D eigenvalue weighted by Crippen LogP contribution is -2.37. The fourth-order valence-electron chi connectivity index (χ4n) is 1.80. The standard InChI is InChI=1S/C12H18BrNS/c1-12(2,3)14-7-8-6-9(8)11-10(13)4-5-15-11/h4-5,8-9,14H,6-7H2,1-3H3. The van der Waals surface area contributed by atoms with Gasteiger partial charge in [0.1, 0.15) is 0 Å². The zero-order chi connectivity index (χ0) is 11.1. The Morgan fingerprint density at radius 1 is 1.53 bits per heavy atom. The maximum atomic E-state index is 3.61. The highest BCUT2D eigenvalue weighted by Crippen LogP contribution is 2.51. The van der Waals surface area contributed by atoms with E-state index in [2.05, 4.69) is 53.5 Å². The highest BCUT2D eigenvalue weighted by Gasteiger charge is 2.40. The molecular formula is C12H18BrNS. The molecule has 0 aliphatic heterocycles. The number of hydrogen-bond acceptors (Lipinski definition) is 2. The van der Waals surface area contributed by atoms with E-state index in [9.17, 15) is 0 Å². The van der Waals surface area contributed by atoms with Crippen LogP contribution < -0.4 is 5.32 Å². The molecule has 0 amide bonds. The molecule has 0 saturated heterocycles. The topological polar surface area (TPSA) is 12.0 Å². The first-order chi connectivity index (χ1) is 6.97. The van der Waals surface area contributed by atoms with Crippen molar-refractivity contribution >= 4 is 27.3 Å². The lowest BCUT2D eigenvalue weighted by Gasteiger charge is -2.20. The zero-order valence-electron chi connectivity index (χ0n) is 9.51. The molecule has 0 radical (unpaired) electrons. The Labute approximate surface area is 104 Å². The van der Waals surface area contributed by atoms with Gasteiger partial charge in [0.05, 0.1) is 0 Å². The maximum Gasteiger partial charge on any atom is 0.0317 e. The minimum absolute atomic E-state index is 0.250. The molecule has 1 saturated carbocycles. The molecule has 1 nitrogen and oxygen atoms in total. The normalized spacial score (nSPS) is 25.6. The van der Waals surface area contributed by atoms with Crippen LogP contribution in [0, 0.1) is 5.92 Å². The third-order valence-corrected chi connectivity index (χ3v) is 4.80. The summed E-state index contributed by atoms with van der Waals surface area (Å²) in [5, 5.41) is 5.76. The molecule has 3 heteroatoms. The second-order valence-electron chi connectivity index (χ2n) is 5.37. The van der Waals surface area contributed by atoms with Gasteiger partial charge in [-0.15, -0.1) is 11.3 Å². The van der Waals surface area contributed by atoms with Crippen LogP contribution >= 0.6 is 27.3 Å². The first-order valence-corrected chi connectivity index (χ1v) is 7.12. The average molecular weight is 288 g/mol. The summed E-state index contributed by atoms with van der Waals surface area (Å²) in [6.07, 6.45) is 1.35. The van der Waals surface area contributed by atoms with Gasteiger partial charge in [-0.3, -0.25) is 0 Å². The summed E-state index contributed by atoms with van der Waals surface area (Å²) in [6.45, 7) is 7.83. The van der Waals surface area contributed by atoms with E-state index in [1.807, 2.05) is 11.3 Å². The predicted octanol–water partition coefficient (Wildman–Crippen LogP) is 4.00. The molecule has 15 heavy (non-hydrogen) atoms. The SMILES string of the molecule is CC(C)(C)NCC1CC1c1sccc1Br. The van der Waals surface area contributed by atoms with Gasteiger partial charge < -0.3 is 5.32 Å². The van der Waals surface area contributed by atoms with Gasteiger partial charge in [0.15, 0.2) is 0 Å². The number of hydrogen-bond donors (Lipinski definition) is 1. The Morgan fingerprint density at radius 3 is 2.80 bits per heavy atom. The molecule has 0 bridgehead atoms. The molecule has 2 unspecified atom stereocenters. The summed E-state index contributed by atoms with van der Waals surface area (Å²) < 4.78 is 1.30. The third-order valence-electron chi connectivity index (χ3n) is 2.80. The molecule has 84 valence electrons. The van der Waals surface area contributed by atoms with Crippen molar-refractivity contribution in [2.24, 2.45) is 5.92 Å². The van der Waals surface area contributed by atoms with E-state index in [0.29, 0.717) is 0 Å². The number of rotatable bonds is 3. The Kier molecular flexibility index (Phi) is 3.25. The molecule has 1 fully saturated rings. The molecule has 1 aromatic heterocycles. The van der Waals surface area contributed by atoms with Gasteiger partial charge >= 0.3 is 0 Å². The first kappa shape index (κ1) is 11.6. The quantitative estimate of drug-likeness (QED) is 0.886. The Bertz CT molecular complexity index is 340. The Hall–Kier alpha value is 0.140. The summed E-state index contributed by atoms with van der Waals surface area (Å²) in [4.78, 5) is 1.54. The monoisotopic (exact) mass is 287 g/mol. The predicted molar refractivity (Wildman–Crippen MR) is 70.6 cm³/mol. The fraction of sp³-hybridized carbons (Fsp3) is 0.667. The molecule has 1 aliphatic carbocycles. The highest BCUT2D eigenvalue weighted by molar-refractivity contribution is 9.10. The summed E-state index contributed by atoms with van der Waals surface area (Å²) in [7, 11) is 0. The third kappa shape index (κ3) is 3.05. The largest absolute Gasteiger partial charge is 0.312 e. The van der Waals surface area contributed by atoms with Crippen LogP contribution in [0.1, 0.15) is 38.0 Å². The second kappa shape index (κ2) is 4.19. The zero-order valence-corrected chi connectivity index (χ0v) is 11.9. The van der Waals surface area contributed by atoms with Gasteiger partial charge in [-0.25, -0.2) is 0 Å². The van der Waals surface area contributed by atoms with Gasteiger partial charge in [0.25, 0.3) is 0 Å². The Balaban J connectivity index is 1.84. The van der Waals surface area contributed by atoms with Crippen molar-refractivity contribution in [3.8, 4) is 0 Å². The summed E-state index contributed by atoms with van der Waals surface area (Å²) >= 11 is 5.50. The molecule has 1 aromatic rings. The number of nitrogens with one attached hydrogen (secondary N) is 1. The lowest BCUT2D eigenvalue weighted by molar-refractivity contribution is 0.414. The molecule has 0 aromatic carbocycles. The van der Waals surface area contributed by atoms with Crippen LogP contribution in [0.4, 0.5) is 0 Å². The minimum Gasteiger partial charge on any atom is -0.312 e. The van der Waals surface area contributed by atoms with E-state index in [1.165, 1.54) is 15.8 Å². The molecule has 1 aliphatic rings. The van der Waals surface area contributed by atoms with Gasteiger partial charge in [-0.2, -0.15) is 0 Å². The van der Waals surface area contributed by atoms with Crippen LogP contribution in [0.15, 0.2) is 15.9 Å². The van der Waals surface area contributed by atoms with E-state index in [1.54, 1.807) is 0 Å². The van der Waals surface area contributed by atoms with Gasteiger partial charge in [-0.05, 0) is 72.9 Å². The summed E-state index contributed by atoms with van der Waals surface area (Å²) in [6, 6.07) is 2.16. The van der Waals surface area contributed by atoms with Crippen molar-refractivity contribution in [3.05, 3.63) is 20.8 Å². The number of thiophene rings is 1. The van der Waals surface area contributed by atoms with Crippen molar-refractivity contribution in [1.82, 2.24) is 5.32 Å². The highest BCUT2D eigenvalue weighted by atomic mass is 79.9. The van der Waals surface area contributed by atoms with Crippen LogP contribution in [0.3, 0.4) is 0 Å².